The lowest BCUT2D eigenvalue weighted by atomic mass is 9.45. The molecule has 0 N–H and O–H groups in total. The van der Waals surface area contributed by atoms with Gasteiger partial charge in [-0.25, -0.2) is 0 Å². The molecule has 0 bridgehead atoms. The van der Waals surface area contributed by atoms with E-state index in [9.17, 15) is 0 Å². The first-order chi connectivity index (χ1) is 67.2. The van der Waals surface area contributed by atoms with E-state index in [1.807, 2.05) is 0 Å². The largest absolute Gasteiger partial charge is 0.466 e. The lowest BCUT2D eigenvalue weighted by molar-refractivity contribution is 0.310. The fourth-order valence-corrected chi connectivity index (χ4v) is 30.1. The summed E-state index contributed by atoms with van der Waals surface area (Å²) in [6.07, 6.45) is 9.72. The summed E-state index contributed by atoms with van der Waals surface area (Å²) in [5.41, 5.74) is 54.4. The molecule has 18 aromatic rings. The molecule has 142 heavy (non-hydrogen) atoms. The van der Waals surface area contributed by atoms with E-state index in [1.54, 1.807) is 0 Å². The maximum Gasteiger partial charge on any atom is 0.375 e. The van der Waals surface area contributed by atoms with Crippen LogP contribution >= 0.6 is 0 Å². The topological polar surface area (TPSA) is 42.6 Å². The van der Waals surface area contributed by atoms with Crippen LogP contribution in [0.5, 0.6) is 0 Å². The lowest BCUT2D eigenvalue weighted by Crippen LogP contribution is -2.60. The number of hydrogen-bond acceptors (Lipinski definition) is 4. The van der Waals surface area contributed by atoms with Crippen LogP contribution in [0.4, 0.5) is 22.7 Å². The van der Waals surface area contributed by atoms with Crippen LogP contribution in [0.15, 0.2) is 245 Å². The molecule has 1 unspecified atom stereocenters. The van der Waals surface area contributed by atoms with Crippen LogP contribution in [-0.4, -0.2) is 22.8 Å². The molecular weight excluding hydrogens is 1720 g/mol. The fourth-order valence-electron chi connectivity index (χ4n) is 30.1. The summed E-state index contributed by atoms with van der Waals surface area (Å²) >= 11 is 0. The van der Waals surface area contributed by atoms with Crippen molar-refractivity contribution in [3.05, 3.63) is 320 Å². The number of furan rings is 2. The van der Waals surface area contributed by atoms with E-state index >= 15 is 0 Å². The number of hydrogen-bond donors (Lipinski definition) is 0. The van der Waals surface area contributed by atoms with E-state index in [2.05, 4.69) is 428 Å². The van der Waals surface area contributed by atoms with E-state index in [-0.39, 0.29) is 78.7 Å². The summed E-state index contributed by atoms with van der Waals surface area (Å²) in [5, 5.41) is 7.76. The molecule has 0 saturated heterocycles. The summed E-state index contributed by atoms with van der Waals surface area (Å²) in [6, 6.07) is 95.3. The van der Waals surface area contributed by atoms with Crippen LogP contribution in [-0.2, 0) is 71.4 Å². The highest BCUT2D eigenvalue weighted by molar-refractivity contribution is 6.94. The van der Waals surface area contributed by atoms with Gasteiger partial charge in [-0.05, 0) is 359 Å². The highest BCUT2D eigenvalue weighted by atomic mass is 16.3. The fraction of sp³-hybridized carbons (Fsp3) is 0.343. The Labute approximate surface area is 840 Å². The van der Waals surface area contributed by atoms with E-state index in [0.717, 1.165) is 108 Å². The minimum absolute atomic E-state index is 0.0232. The Morgan fingerprint density at radius 1 is 0.296 bits per heavy atom. The van der Waals surface area contributed by atoms with E-state index in [4.69, 9.17) is 8.83 Å². The number of anilines is 4. The maximum absolute atomic E-state index is 8.07. The molecule has 0 saturated carbocycles. The van der Waals surface area contributed by atoms with Gasteiger partial charge < -0.3 is 27.6 Å². The van der Waals surface area contributed by atoms with Crippen molar-refractivity contribution in [2.75, 3.05) is 9.62 Å². The van der Waals surface area contributed by atoms with Crippen LogP contribution in [0.25, 0.3) is 144 Å². The second-order valence-corrected chi connectivity index (χ2v) is 53.4. The molecule has 0 amide bonds. The summed E-state index contributed by atoms with van der Waals surface area (Å²) in [5.74, 6) is 0. The number of benzene rings is 14. The molecule has 0 fully saturated rings. The molecule has 0 radical (unpaired) electrons. The minimum atomic E-state index is -0.362. The molecular formula is C134H132B2N4O2. The first-order valence-corrected chi connectivity index (χ1v) is 53.4. The van der Waals surface area contributed by atoms with E-state index in [0.29, 0.717) is 0 Å². The van der Waals surface area contributed by atoms with Gasteiger partial charge in [0, 0.05) is 77.0 Å². The Bertz CT molecular complexity index is 8740. The van der Waals surface area contributed by atoms with Crippen molar-refractivity contribution < 1.29 is 8.83 Å². The summed E-state index contributed by atoms with van der Waals surface area (Å²) in [4.78, 5) is 5.55. The standard InChI is InChI=1S/C134H132B2N4O2/c1-123(2,3)79-45-49-81(50-46-79)139-103-71-99-95(127(11,12)57-60-130(99,17)18)67-87(103)109-107-83-35-29-31-37-91(83)132(21,22)113(107)111-86-66-94-98(129(15,16)59-56-126(94,9)10)70-102(86)138-118-90-64-78(44-54-106(90)142-121(118)135(139)115(109)119(111)138)76-41-39-74(40-42-76)73-134(25)62-61-131(19,20)96-68-88-104(72-100(96)134)140(82-51-47-80(48-52-82)124(4,5)6)136-116-110(88)108-84-36-30-32-38-92(84)133(23,24)114(108)112-85-65-93-97(128(13,14)58-55-125(93,7)8)69-101(85)137(120(112)116)117-89-63-77(75-33-27-26-28-34-75)43-53-105(89)141-122(117)136/h26-54,63-72H,55-62,73H2,1-25H3. The quantitative estimate of drug-likeness (QED) is 0.156. The second-order valence-electron chi connectivity index (χ2n) is 53.4. The highest BCUT2D eigenvalue weighted by Crippen LogP contribution is 2.66. The van der Waals surface area contributed by atoms with Gasteiger partial charge in [0.25, 0.3) is 0 Å². The third-order valence-corrected chi connectivity index (χ3v) is 38.7. The third-order valence-electron chi connectivity index (χ3n) is 38.7. The third kappa shape index (κ3) is 11.4. The summed E-state index contributed by atoms with van der Waals surface area (Å²) in [6.45, 7) is 61.5. The first-order valence-electron chi connectivity index (χ1n) is 53.4. The number of aromatic nitrogens is 2. The molecule has 6 nitrogen and oxygen atoms in total. The normalized spacial score (nSPS) is 19.9. The number of fused-ring (bicyclic) bond motifs is 34. The van der Waals surface area contributed by atoms with Crippen LogP contribution in [0.2, 0.25) is 0 Å². The molecule has 6 aliphatic carbocycles. The van der Waals surface area contributed by atoms with Crippen molar-refractivity contribution in [1.29, 1.82) is 0 Å². The first kappa shape index (κ1) is 87.3. The van der Waals surface area contributed by atoms with Gasteiger partial charge in [0.05, 0.1) is 33.4 Å². The molecule has 14 aromatic carbocycles. The van der Waals surface area contributed by atoms with Gasteiger partial charge in [-0.2, -0.15) is 0 Å². The average molecular weight is 1850 g/mol. The molecule has 0 spiro atoms. The predicted molar refractivity (Wildman–Crippen MR) is 602 cm³/mol. The maximum atomic E-state index is 8.07. The van der Waals surface area contributed by atoms with Gasteiger partial charge in [0.15, 0.2) is 0 Å². The molecule has 8 heteroatoms. The number of rotatable bonds is 6. The smallest absolute Gasteiger partial charge is 0.375 e. The SMILES string of the molecule is CC(C)(C)c1ccc(N2B3c4oc5ccc(-c6ccc(CC7(C)CCC(C)(C)c8cc9c(cc87)N(c7ccc(C(C)(C)C)cc7)B7c8oc%10ccc(-c%11ccccc%11)cc%10c8-n8c%10cc%11c(cc%10c%10c%12c(c-9c7c%108)-c7ccccc7C%12(C)C)C(C)(C)CCC%11(C)C)cc6)cc5c4-n4c5cc6c(cc5c5c7c(c(c3c54)-c3cc4c(cc32)C(C)(C)CCC4(C)C)-c2ccccc2C7(C)C)C(C)(C)CCC6(C)C)cc1. The van der Waals surface area contributed by atoms with Gasteiger partial charge in [-0.1, -0.05) is 313 Å². The average Bonchev–Trinajstić information content (AvgIpc) is 1.47. The Morgan fingerprint density at radius 2 is 0.641 bits per heavy atom. The van der Waals surface area contributed by atoms with Crippen molar-refractivity contribution in [3.8, 4) is 78.1 Å². The Hall–Kier alpha value is -12.5. The van der Waals surface area contributed by atoms with Crippen LogP contribution in [0.3, 0.4) is 0 Å². The predicted octanol–water partition coefficient (Wildman–Crippen LogP) is 33.0. The molecule has 4 aromatic heterocycles. The number of nitrogens with zero attached hydrogens (tertiary/aromatic N) is 4. The van der Waals surface area contributed by atoms with Crippen molar-refractivity contribution in [2.45, 2.75) is 296 Å². The minimum Gasteiger partial charge on any atom is -0.466 e. The molecule has 8 heterocycles. The van der Waals surface area contributed by atoms with Crippen molar-refractivity contribution >= 4 is 124 Å². The molecule has 4 aliphatic heterocycles. The van der Waals surface area contributed by atoms with Crippen molar-refractivity contribution in [1.82, 2.24) is 9.13 Å². The van der Waals surface area contributed by atoms with Gasteiger partial charge in [-0.15, -0.1) is 0 Å². The monoisotopic (exact) mass is 1850 g/mol. The van der Waals surface area contributed by atoms with Crippen molar-refractivity contribution in [3.63, 3.8) is 0 Å². The summed E-state index contributed by atoms with van der Waals surface area (Å²) < 4.78 is 21.6. The lowest BCUT2D eigenvalue weighted by Gasteiger charge is -2.47. The zero-order valence-corrected chi connectivity index (χ0v) is 88.1. The zero-order chi connectivity index (χ0) is 98.1. The van der Waals surface area contributed by atoms with Crippen LogP contribution in [0, 0.1) is 0 Å². The zero-order valence-electron chi connectivity index (χ0n) is 88.1. The summed E-state index contributed by atoms with van der Waals surface area (Å²) in [7, 11) is 0. The Balaban J connectivity index is 0.651. The highest BCUT2D eigenvalue weighted by Gasteiger charge is 2.58. The van der Waals surface area contributed by atoms with Crippen LogP contribution in [0.1, 0.15) is 308 Å². The molecule has 1 atom stereocenters. The van der Waals surface area contributed by atoms with Gasteiger partial charge in [0.2, 0.25) is 0 Å². The van der Waals surface area contributed by atoms with E-state index < -0.39 is 0 Å². The molecule has 706 valence electrons. The molecule has 10 aliphatic rings. The van der Waals surface area contributed by atoms with Gasteiger partial charge in [-0.3, -0.25) is 0 Å². The Morgan fingerprint density at radius 3 is 1.05 bits per heavy atom. The molecule has 28 rings (SSSR count). The second kappa shape index (κ2) is 27.7. The van der Waals surface area contributed by atoms with Gasteiger partial charge in [0.1, 0.15) is 22.5 Å². The van der Waals surface area contributed by atoms with Crippen LogP contribution < -0.4 is 31.9 Å². The van der Waals surface area contributed by atoms with Crippen molar-refractivity contribution in [2.24, 2.45) is 0 Å². The van der Waals surface area contributed by atoms with Gasteiger partial charge >= 0.3 is 13.7 Å². The van der Waals surface area contributed by atoms with E-state index in [1.165, 1.54) is 222 Å². The Kier molecular flexibility index (Phi) is 17.0.